The average molecular weight is 494 g/mol. The standard InChI is InChI=1S/C24H31B5N4O4/c1-13-19(14-2-3-14)21(31-33-18(34)6-9-30-20(13)33)32-10-7-22(25,8-11-32)35-15-4-5-16-17(12-15)37-24(28,29)23(26,27)36-16/h4-6,9,12,14H,2-3,7-8,10-11,25-29H2,1H3. The maximum atomic E-state index is 12.5. The van der Waals surface area contributed by atoms with Crippen molar-refractivity contribution in [2.75, 3.05) is 18.0 Å². The Morgan fingerprint density at radius 3 is 2.35 bits per heavy atom. The number of aromatic nitrogens is 3. The molecular weight excluding hydrogens is 462 g/mol. The van der Waals surface area contributed by atoms with Crippen molar-refractivity contribution in [3.63, 3.8) is 0 Å². The molecule has 6 rings (SSSR count). The molecule has 2 fully saturated rings. The lowest BCUT2D eigenvalue weighted by molar-refractivity contribution is 0.0603. The molecule has 1 saturated carbocycles. The summed E-state index contributed by atoms with van der Waals surface area (Å²) in [5.41, 5.74) is 2.51. The number of ether oxygens (including phenoxy) is 3. The van der Waals surface area contributed by atoms with E-state index in [9.17, 15) is 4.79 Å². The van der Waals surface area contributed by atoms with Crippen molar-refractivity contribution in [1.82, 2.24) is 14.6 Å². The van der Waals surface area contributed by atoms with Gasteiger partial charge in [0.1, 0.15) is 37.1 Å². The Balaban J connectivity index is 1.23. The first-order valence-electron chi connectivity index (χ1n) is 13.3. The number of piperidine rings is 1. The van der Waals surface area contributed by atoms with Gasteiger partial charge < -0.3 is 19.1 Å². The van der Waals surface area contributed by atoms with E-state index in [1.54, 1.807) is 6.20 Å². The Hall–Kier alpha value is -2.97. The molecule has 0 atom stereocenters. The number of aryl methyl sites for hydroxylation is 1. The second-order valence-corrected chi connectivity index (χ2v) is 12.0. The molecule has 3 aliphatic rings. The second kappa shape index (κ2) is 8.27. The van der Waals surface area contributed by atoms with Crippen LogP contribution >= 0.6 is 0 Å². The minimum absolute atomic E-state index is 0.146. The van der Waals surface area contributed by atoms with E-state index >= 15 is 0 Å². The van der Waals surface area contributed by atoms with E-state index in [0.717, 1.165) is 61.7 Å². The largest absolute Gasteiger partial charge is 0.499 e. The molecule has 1 aromatic carbocycles. The highest BCUT2D eigenvalue weighted by Gasteiger charge is 2.45. The number of hydrogen-bond donors (Lipinski definition) is 0. The summed E-state index contributed by atoms with van der Waals surface area (Å²) >= 11 is 0. The molecule has 0 amide bonds. The summed E-state index contributed by atoms with van der Waals surface area (Å²) in [5.74, 6) is 3.67. The summed E-state index contributed by atoms with van der Waals surface area (Å²) in [5, 5.41) is 3.93. The van der Waals surface area contributed by atoms with Crippen LogP contribution in [0, 0.1) is 6.92 Å². The molecule has 1 saturated heterocycles. The Morgan fingerprint density at radius 1 is 1.00 bits per heavy atom. The SMILES string of the molecule is BC1(Oc2ccc3c(c2)OC(B)(B)C(B)(B)O3)CCN(c2nn3c(=O)ccnc3c(C)c2C2CC2)CC1. The Labute approximate surface area is 221 Å². The molecule has 0 N–H and O–H groups in total. The smallest absolute Gasteiger partial charge is 0.274 e. The van der Waals surface area contributed by atoms with Gasteiger partial charge in [0.05, 0.1) is 16.3 Å². The van der Waals surface area contributed by atoms with Gasteiger partial charge in [-0.3, -0.25) is 4.79 Å². The third-order valence-corrected chi connectivity index (χ3v) is 8.56. The highest BCUT2D eigenvalue weighted by atomic mass is 16.6. The van der Waals surface area contributed by atoms with Gasteiger partial charge in [-0.2, -0.15) is 4.52 Å². The molecule has 1 aliphatic carbocycles. The first-order chi connectivity index (χ1) is 17.5. The van der Waals surface area contributed by atoms with Gasteiger partial charge in [0.2, 0.25) is 0 Å². The van der Waals surface area contributed by atoms with Gasteiger partial charge in [0, 0.05) is 42.5 Å². The fourth-order valence-corrected chi connectivity index (χ4v) is 5.37. The summed E-state index contributed by atoms with van der Waals surface area (Å²) in [4.78, 5) is 19.3. The number of hydrogen-bond acceptors (Lipinski definition) is 7. The minimum atomic E-state index is -0.463. The van der Waals surface area contributed by atoms with E-state index in [1.165, 1.54) is 16.1 Å². The zero-order valence-electron chi connectivity index (χ0n) is 22.6. The zero-order chi connectivity index (χ0) is 26.2. The molecule has 0 unspecified atom stereocenters. The maximum Gasteiger partial charge on any atom is 0.274 e. The third-order valence-electron chi connectivity index (χ3n) is 8.56. The Morgan fingerprint density at radius 2 is 1.68 bits per heavy atom. The lowest BCUT2D eigenvalue weighted by atomic mass is 9.41. The van der Waals surface area contributed by atoms with Gasteiger partial charge in [-0.05, 0) is 50.7 Å². The van der Waals surface area contributed by atoms with Crippen LogP contribution in [0.25, 0.3) is 5.65 Å². The van der Waals surface area contributed by atoms with Crippen molar-refractivity contribution in [1.29, 1.82) is 0 Å². The van der Waals surface area contributed by atoms with E-state index < -0.39 is 10.8 Å². The van der Waals surface area contributed by atoms with Crippen LogP contribution in [0.15, 0.2) is 35.3 Å². The first-order valence-corrected chi connectivity index (χ1v) is 13.3. The Kier molecular flexibility index (Phi) is 5.45. The van der Waals surface area contributed by atoms with Crippen molar-refractivity contribution in [3.8, 4) is 17.2 Å². The molecule has 3 aromatic rings. The number of anilines is 1. The van der Waals surface area contributed by atoms with E-state index in [0.29, 0.717) is 17.3 Å². The van der Waals surface area contributed by atoms with E-state index in [-0.39, 0.29) is 11.1 Å². The molecule has 4 heterocycles. The van der Waals surface area contributed by atoms with Gasteiger partial charge >= 0.3 is 0 Å². The maximum absolute atomic E-state index is 12.5. The molecule has 2 aromatic heterocycles. The van der Waals surface area contributed by atoms with Crippen molar-refractivity contribution < 1.29 is 14.2 Å². The lowest BCUT2D eigenvalue weighted by Gasteiger charge is -2.47. The molecule has 2 aliphatic heterocycles. The second-order valence-electron chi connectivity index (χ2n) is 12.0. The van der Waals surface area contributed by atoms with Crippen molar-refractivity contribution in [2.45, 2.75) is 54.8 Å². The lowest BCUT2D eigenvalue weighted by Crippen LogP contribution is -2.65. The predicted octanol–water partition coefficient (Wildman–Crippen LogP) is -2.10. The van der Waals surface area contributed by atoms with Crippen LogP contribution in [0.2, 0.25) is 0 Å². The fourth-order valence-electron chi connectivity index (χ4n) is 5.37. The van der Waals surface area contributed by atoms with Crippen molar-refractivity contribution in [3.05, 3.63) is 51.9 Å². The van der Waals surface area contributed by atoms with E-state index in [2.05, 4.69) is 24.7 Å². The predicted molar refractivity (Wildman–Crippen MR) is 157 cm³/mol. The van der Waals surface area contributed by atoms with Gasteiger partial charge in [-0.15, -0.1) is 5.10 Å². The molecule has 8 nitrogen and oxygen atoms in total. The molecule has 37 heavy (non-hydrogen) atoms. The summed E-state index contributed by atoms with van der Waals surface area (Å²) in [6.07, 6.45) is 5.58. The molecule has 186 valence electrons. The summed E-state index contributed by atoms with van der Waals surface area (Å²) in [6.45, 7) is 3.67. The highest BCUT2D eigenvalue weighted by Crippen LogP contribution is 2.47. The van der Waals surface area contributed by atoms with Gasteiger partial charge in [-0.25, -0.2) is 4.98 Å². The zero-order valence-corrected chi connectivity index (χ0v) is 22.6. The summed E-state index contributed by atoms with van der Waals surface area (Å²) < 4.78 is 20.6. The van der Waals surface area contributed by atoms with Crippen LogP contribution in [-0.2, 0) is 0 Å². The first kappa shape index (κ1) is 24.4. The number of fused-ring (bicyclic) bond motifs is 2. The van der Waals surface area contributed by atoms with Crippen LogP contribution in [0.1, 0.15) is 42.7 Å². The van der Waals surface area contributed by atoms with E-state index in [4.69, 9.17) is 19.3 Å². The molecule has 0 spiro atoms. The minimum Gasteiger partial charge on any atom is -0.499 e. The molecule has 13 heteroatoms. The average Bonchev–Trinajstić information content (AvgIpc) is 3.66. The van der Waals surface area contributed by atoms with Gasteiger partial charge in [0.25, 0.3) is 5.56 Å². The van der Waals surface area contributed by atoms with Crippen molar-refractivity contribution in [2.24, 2.45) is 0 Å². The number of benzene rings is 1. The van der Waals surface area contributed by atoms with Crippen LogP contribution in [-0.4, -0.2) is 83.2 Å². The fraction of sp³-hybridized carbons (Fsp3) is 0.458. The number of nitrogens with zero attached hydrogens (tertiary/aromatic N) is 4. The van der Waals surface area contributed by atoms with Gasteiger partial charge in [-0.1, -0.05) is 0 Å². The van der Waals surface area contributed by atoms with Crippen LogP contribution in [0.4, 0.5) is 5.82 Å². The topological polar surface area (TPSA) is 78.2 Å². The number of rotatable bonds is 4. The van der Waals surface area contributed by atoms with Crippen LogP contribution < -0.4 is 24.7 Å². The molecular formula is C24H31B5N4O4. The Bertz CT molecular complexity index is 1450. The quantitative estimate of drug-likeness (QED) is 0.385. The monoisotopic (exact) mass is 494 g/mol. The molecule has 0 bridgehead atoms. The van der Waals surface area contributed by atoms with Crippen LogP contribution in [0.3, 0.4) is 0 Å². The molecule has 0 radical (unpaired) electrons. The normalized spacial score (nSPS) is 21.5. The highest BCUT2D eigenvalue weighted by molar-refractivity contribution is 6.53. The van der Waals surface area contributed by atoms with Crippen LogP contribution in [0.5, 0.6) is 17.2 Å². The van der Waals surface area contributed by atoms with Gasteiger partial charge in [0.15, 0.2) is 30.8 Å². The summed E-state index contributed by atoms with van der Waals surface area (Å²) in [6, 6.07) is 7.32. The third kappa shape index (κ3) is 4.20. The van der Waals surface area contributed by atoms with E-state index in [1.807, 2.05) is 49.6 Å². The summed E-state index contributed by atoms with van der Waals surface area (Å²) in [7, 11) is 10.3. The van der Waals surface area contributed by atoms with Crippen molar-refractivity contribution >= 4 is 50.7 Å².